The van der Waals surface area contributed by atoms with Crippen molar-refractivity contribution in [3.05, 3.63) is 16.1 Å². The first-order valence-electron chi connectivity index (χ1n) is 5.94. The van der Waals surface area contributed by atoms with Gasteiger partial charge in [-0.2, -0.15) is 0 Å². The van der Waals surface area contributed by atoms with Crippen LogP contribution in [0, 0.1) is 0 Å². The number of hydrogen-bond acceptors (Lipinski definition) is 4. The Labute approximate surface area is 102 Å². The lowest BCUT2D eigenvalue weighted by atomic mass is 9.91. The predicted octanol–water partition coefficient (Wildman–Crippen LogP) is 2.15. The molecule has 3 nitrogen and oxygen atoms in total. The molecule has 1 atom stereocenters. The van der Waals surface area contributed by atoms with Gasteiger partial charge in [-0.3, -0.25) is 0 Å². The molecule has 1 aliphatic rings. The molecule has 16 heavy (non-hydrogen) atoms. The average Bonchev–Trinajstić information content (AvgIpc) is 2.66. The normalized spacial score (nSPS) is 27.6. The second-order valence-corrected chi connectivity index (χ2v) is 6.09. The molecule has 2 N–H and O–H groups in total. The van der Waals surface area contributed by atoms with Gasteiger partial charge >= 0.3 is 0 Å². The molecule has 2 heterocycles. The van der Waals surface area contributed by atoms with Gasteiger partial charge in [-0.15, -0.1) is 11.3 Å². The number of hydrogen-bond donors (Lipinski definition) is 1. The van der Waals surface area contributed by atoms with Gasteiger partial charge in [0.1, 0.15) is 5.01 Å². The molecule has 90 valence electrons. The Kier molecular flexibility index (Phi) is 3.33. The number of rotatable bonds is 2. The smallest absolute Gasteiger partial charge is 0.114 e. The van der Waals surface area contributed by atoms with Crippen LogP contribution in [0.5, 0.6) is 0 Å². The fourth-order valence-electron chi connectivity index (χ4n) is 2.26. The lowest BCUT2D eigenvalue weighted by Gasteiger charge is -2.37. The van der Waals surface area contributed by atoms with Crippen LogP contribution >= 0.6 is 11.3 Å². The quantitative estimate of drug-likeness (QED) is 0.860. The van der Waals surface area contributed by atoms with Crippen molar-refractivity contribution in [2.75, 3.05) is 20.1 Å². The number of likely N-dealkylation sites (tertiary alicyclic amines) is 1. The number of aromatic nitrogens is 1. The lowest BCUT2D eigenvalue weighted by Crippen LogP contribution is -2.50. The molecule has 1 unspecified atom stereocenters. The van der Waals surface area contributed by atoms with Crippen LogP contribution in [0.3, 0.4) is 0 Å². The van der Waals surface area contributed by atoms with Crippen LogP contribution in [0.15, 0.2) is 5.38 Å². The molecule has 1 aromatic heterocycles. The third-order valence-corrected chi connectivity index (χ3v) is 4.33. The standard InChI is InChI=1S/C12H21N3S/c1-9(2)10-7-16-11(14-10)12(13)5-4-6-15(3)8-12/h7,9H,4-6,8,13H2,1-3H3. The molecule has 0 aliphatic carbocycles. The van der Waals surface area contributed by atoms with Gasteiger partial charge in [0.05, 0.1) is 11.2 Å². The van der Waals surface area contributed by atoms with E-state index in [9.17, 15) is 0 Å². The fraction of sp³-hybridized carbons (Fsp3) is 0.750. The van der Waals surface area contributed by atoms with Gasteiger partial charge in [-0.1, -0.05) is 13.8 Å². The first kappa shape index (κ1) is 12.0. The molecule has 1 aliphatic heterocycles. The van der Waals surface area contributed by atoms with E-state index in [-0.39, 0.29) is 5.54 Å². The van der Waals surface area contributed by atoms with Crippen LogP contribution in [-0.4, -0.2) is 30.0 Å². The summed E-state index contributed by atoms with van der Waals surface area (Å²) in [6, 6.07) is 0. The van der Waals surface area contributed by atoms with Crippen LogP contribution in [0.25, 0.3) is 0 Å². The van der Waals surface area contributed by atoms with E-state index in [0.717, 1.165) is 24.5 Å². The summed E-state index contributed by atoms with van der Waals surface area (Å²) in [5, 5.41) is 3.27. The molecule has 0 spiro atoms. The van der Waals surface area contributed by atoms with Gasteiger partial charge in [0.2, 0.25) is 0 Å². The van der Waals surface area contributed by atoms with Gasteiger partial charge in [0.15, 0.2) is 0 Å². The summed E-state index contributed by atoms with van der Waals surface area (Å²) in [6.07, 6.45) is 2.23. The minimum absolute atomic E-state index is 0.217. The molecule has 1 fully saturated rings. The molecule has 0 bridgehead atoms. The predicted molar refractivity (Wildman–Crippen MR) is 68.8 cm³/mol. The topological polar surface area (TPSA) is 42.1 Å². The minimum atomic E-state index is -0.217. The molecule has 1 saturated heterocycles. The Morgan fingerprint density at radius 3 is 2.88 bits per heavy atom. The van der Waals surface area contributed by atoms with Crippen molar-refractivity contribution < 1.29 is 0 Å². The second kappa shape index (κ2) is 4.43. The van der Waals surface area contributed by atoms with Gasteiger partial charge in [-0.05, 0) is 32.4 Å². The number of likely N-dealkylation sites (N-methyl/N-ethyl adjacent to an activating group) is 1. The Bertz CT molecular complexity index is 361. The van der Waals surface area contributed by atoms with E-state index in [0.29, 0.717) is 5.92 Å². The first-order valence-corrected chi connectivity index (χ1v) is 6.82. The highest BCUT2D eigenvalue weighted by Crippen LogP contribution is 2.32. The molecule has 0 saturated carbocycles. The van der Waals surface area contributed by atoms with Crippen molar-refractivity contribution in [3.63, 3.8) is 0 Å². The van der Waals surface area contributed by atoms with Gasteiger partial charge < -0.3 is 10.6 Å². The summed E-state index contributed by atoms with van der Waals surface area (Å²) in [4.78, 5) is 7.01. The molecule has 1 aromatic rings. The highest BCUT2D eigenvalue weighted by molar-refractivity contribution is 7.09. The van der Waals surface area contributed by atoms with Crippen LogP contribution in [-0.2, 0) is 5.54 Å². The van der Waals surface area contributed by atoms with E-state index in [1.54, 1.807) is 11.3 Å². The van der Waals surface area contributed by atoms with Crippen molar-refractivity contribution in [2.45, 2.75) is 38.1 Å². The molecule has 2 rings (SSSR count). The zero-order valence-corrected chi connectivity index (χ0v) is 11.2. The highest BCUT2D eigenvalue weighted by atomic mass is 32.1. The number of nitrogens with two attached hydrogens (primary N) is 1. The highest BCUT2D eigenvalue weighted by Gasteiger charge is 2.34. The number of piperidine rings is 1. The van der Waals surface area contributed by atoms with E-state index < -0.39 is 0 Å². The molecular weight excluding hydrogens is 218 g/mol. The zero-order valence-electron chi connectivity index (χ0n) is 10.4. The third-order valence-electron chi connectivity index (χ3n) is 3.25. The summed E-state index contributed by atoms with van der Waals surface area (Å²) in [5.74, 6) is 0.495. The largest absolute Gasteiger partial charge is 0.318 e. The Hall–Kier alpha value is -0.450. The van der Waals surface area contributed by atoms with Crippen LogP contribution in [0.2, 0.25) is 0 Å². The number of thiazole rings is 1. The van der Waals surface area contributed by atoms with Crippen LogP contribution in [0.4, 0.5) is 0 Å². The van der Waals surface area contributed by atoms with Gasteiger partial charge in [-0.25, -0.2) is 4.98 Å². The minimum Gasteiger partial charge on any atom is -0.318 e. The fourth-order valence-corrected chi connectivity index (χ4v) is 3.38. The van der Waals surface area contributed by atoms with Crippen LogP contribution < -0.4 is 5.73 Å². The Morgan fingerprint density at radius 2 is 2.31 bits per heavy atom. The van der Waals surface area contributed by atoms with E-state index in [2.05, 4.69) is 31.2 Å². The SMILES string of the molecule is CC(C)c1csc(C2(N)CCCN(C)C2)n1. The van der Waals surface area contributed by atoms with Crippen LogP contribution in [0.1, 0.15) is 43.3 Å². The second-order valence-electron chi connectivity index (χ2n) is 5.23. The Morgan fingerprint density at radius 1 is 1.56 bits per heavy atom. The summed E-state index contributed by atoms with van der Waals surface area (Å²) >= 11 is 1.72. The average molecular weight is 239 g/mol. The third kappa shape index (κ3) is 2.29. The maximum absolute atomic E-state index is 6.49. The molecule has 0 amide bonds. The van der Waals surface area contributed by atoms with Crippen molar-refractivity contribution >= 4 is 11.3 Å². The zero-order chi connectivity index (χ0) is 11.8. The first-order chi connectivity index (χ1) is 7.51. The van der Waals surface area contributed by atoms with Crippen molar-refractivity contribution in [1.82, 2.24) is 9.88 Å². The van der Waals surface area contributed by atoms with Gasteiger partial charge in [0.25, 0.3) is 0 Å². The van der Waals surface area contributed by atoms with Crippen molar-refractivity contribution in [2.24, 2.45) is 5.73 Å². The number of nitrogens with zero attached hydrogens (tertiary/aromatic N) is 2. The molecule has 0 radical (unpaired) electrons. The van der Waals surface area contributed by atoms with Crippen molar-refractivity contribution in [1.29, 1.82) is 0 Å². The Balaban J connectivity index is 2.21. The summed E-state index contributed by atoms with van der Waals surface area (Å²) in [7, 11) is 2.14. The van der Waals surface area contributed by atoms with E-state index in [1.165, 1.54) is 12.1 Å². The van der Waals surface area contributed by atoms with E-state index >= 15 is 0 Å². The summed E-state index contributed by atoms with van der Waals surface area (Å²) in [5.41, 5.74) is 7.45. The maximum atomic E-state index is 6.49. The van der Waals surface area contributed by atoms with E-state index in [4.69, 9.17) is 10.7 Å². The van der Waals surface area contributed by atoms with Gasteiger partial charge in [0, 0.05) is 11.9 Å². The lowest BCUT2D eigenvalue weighted by molar-refractivity contribution is 0.179. The maximum Gasteiger partial charge on any atom is 0.114 e. The van der Waals surface area contributed by atoms with E-state index in [1.807, 2.05) is 0 Å². The van der Waals surface area contributed by atoms with Crippen molar-refractivity contribution in [3.8, 4) is 0 Å². The molecule has 4 heteroatoms. The molecule has 0 aromatic carbocycles. The summed E-state index contributed by atoms with van der Waals surface area (Å²) in [6.45, 7) is 6.43. The monoisotopic (exact) mass is 239 g/mol. The molecular formula is C12H21N3S. The summed E-state index contributed by atoms with van der Waals surface area (Å²) < 4.78 is 0.